The molecule has 3 heterocycles. The highest BCUT2D eigenvalue weighted by Crippen LogP contribution is 2.31. The summed E-state index contributed by atoms with van der Waals surface area (Å²) >= 11 is 5.36. The molecule has 0 spiro atoms. The molecule has 1 fully saturated rings. The number of aromatic nitrogens is 2. The summed E-state index contributed by atoms with van der Waals surface area (Å²) in [6, 6.07) is 2.15. The van der Waals surface area contributed by atoms with Crippen molar-refractivity contribution < 1.29 is 0 Å². The van der Waals surface area contributed by atoms with Crippen LogP contribution in [0.4, 0.5) is 0 Å². The van der Waals surface area contributed by atoms with Crippen LogP contribution in [-0.4, -0.2) is 26.4 Å². The third-order valence-corrected chi connectivity index (χ3v) is 4.80. The van der Waals surface area contributed by atoms with Gasteiger partial charge in [0.25, 0.3) is 0 Å². The molecule has 3 nitrogen and oxygen atoms in total. The van der Waals surface area contributed by atoms with Crippen molar-refractivity contribution in [1.29, 1.82) is 0 Å². The molecule has 1 aliphatic heterocycles. The molecule has 0 bridgehead atoms. The Morgan fingerprint density at radius 2 is 2.12 bits per heavy atom. The quantitative estimate of drug-likeness (QED) is 0.791. The molecule has 0 unspecified atom stereocenters. The predicted molar refractivity (Wildman–Crippen MR) is 76.0 cm³/mol. The van der Waals surface area contributed by atoms with Gasteiger partial charge in [0.05, 0.1) is 11.2 Å². The van der Waals surface area contributed by atoms with Crippen LogP contribution in [0, 0.1) is 6.92 Å². The van der Waals surface area contributed by atoms with Crippen LogP contribution in [0.5, 0.6) is 0 Å². The molecule has 5 heteroatoms. The van der Waals surface area contributed by atoms with Crippen molar-refractivity contribution in [2.24, 2.45) is 0 Å². The summed E-state index contributed by atoms with van der Waals surface area (Å²) in [6.45, 7) is 4.44. The van der Waals surface area contributed by atoms with E-state index in [4.69, 9.17) is 0 Å². The molecule has 1 saturated heterocycles. The van der Waals surface area contributed by atoms with E-state index in [1.165, 1.54) is 36.8 Å². The van der Waals surface area contributed by atoms with Crippen molar-refractivity contribution in [2.75, 3.05) is 13.1 Å². The van der Waals surface area contributed by atoms with Gasteiger partial charge < -0.3 is 0 Å². The van der Waals surface area contributed by atoms with Crippen LogP contribution in [0.25, 0.3) is 10.9 Å². The lowest BCUT2D eigenvalue weighted by molar-refractivity contribution is 0.583. The largest absolute Gasteiger partial charge is 0.276 e. The Hall–Kier alpha value is -0.520. The second-order valence-electron chi connectivity index (χ2n) is 4.31. The number of rotatable bonds is 2. The third-order valence-electron chi connectivity index (χ3n) is 3.09. The highest BCUT2D eigenvalue weighted by Gasteiger charge is 2.15. The molecule has 0 atom stereocenters. The fourth-order valence-electron chi connectivity index (χ4n) is 2.21. The molecule has 2 aromatic heterocycles. The van der Waals surface area contributed by atoms with Crippen LogP contribution in [0.15, 0.2) is 22.9 Å². The van der Waals surface area contributed by atoms with E-state index >= 15 is 0 Å². The Labute approximate surface area is 114 Å². The molecular formula is C12H14BrN3S. The molecule has 0 amide bonds. The molecule has 1 aliphatic rings. The van der Waals surface area contributed by atoms with Crippen molar-refractivity contribution >= 4 is 39.0 Å². The summed E-state index contributed by atoms with van der Waals surface area (Å²) in [4.78, 5) is 4.41. The van der Waals surface area contributed by atoms with Gasteiger partial charge in [-0.15, -0.1) is 0 Å². The van der Waals surface area contributed by atoms with Gasteiger partial charge in [-0.2, -0.15) is 0 Å². The topological polar surface area (TPSA) is 21.1 Å². The molecule has 0 N–H and O–H groups in total. The van der Waals surface area contributed by atoms with Crippen LogP contribution in [0.3, 0.4) is 0 Å². The van der Waals surface area contributed by atoms with E-state index in [1.54, 1.807) is 12.1 Å². The van der Waals surface area contributed by atoms with E-state index in [0.29, 0.717) is 0 Å². The van der Waals surface area contributed by atoms with Crippen LogP contribution in [-0.2, 0) is 0 Å². The summed E-state index contributed by atoms with van der Waals surface area (Å²) in [5.74, 6) is 0. The maximum absolute atomic E-state index is 4.41. The Morgan fingerprint density at radius 1 is 1.35 bits per heavy atom. The Kier molecular flexibility index (Phi) is 3.15. The highest BCUT2D eigenvalue weighted by molar-refractivity contribution is 9.10. The number of hydrogen-bond donors (Lipinski definition) is 0. The van der Waals surface area contributed by atoms with Crippen LogP contribution < -0.4 is 0 Å². The predicted octanol–water partition coefficient (Wildman–Crippen LogP) is 3.61. The summed E-state index contributed by atoms with van der Waals surface area (Å²) in [5, 5.41) is 1.24. The summed E-state index contributed by atoms with van der Waals surface area (Å²) in [6.07, 6.45) is 6.63. The summed E-state index contributed by atoms with van der Waals surface area (Å²) in [7, 11) is 0. The van der Waals surface area contributed by atoms with Crippen LogP contribution in [0.1, 0.15) is 18.5 Å². The van der Waals surface area contributed by atoms with Gasteiger partial charge in [-0.05, 0) is 41.8 Å². The van der Waals surface area contributed by atoms with Gasteiger partial charge in [-0.3, -0.25) is 8.96 Å². The number of fused-ring (bicyclic) bond motifs is 1. The van der Waals surface area contributed by atoms with Crippen molar-refractivity contribution in [3.63, 3.8) is 0 Å². The van der Waals surface area contributed by atoms with Crippen molar-refractivity contribution in [2.45, 2.75) is 19.8 Å². The number of halogens is 1. The van der Waals surface area contributed by atoms with Crippen LogP contribution in [0.2, 0.25) is 0 Å². The summed E-state index contributed by atoms with van der Waals surface area (Å²) < 4.78 is 5.71. The number of hydrogen-bond acceptors (Lipinski definition) is 3. The van der Waals surface area contributed by atoms with E-state index in [-0.39, 0.29) is 0 Å². The van der Waals surface area contributed by atoms with Gasteiger partial charge in [0, 0.05) is 47.5 Å². The standard InChI is InChI=1S/C12H14BrN3S/c1-9-12-10(11(13)8-14-9)4-7-16(12)17-15-5-2-3-6-15/h4,7-8H,2-3,5-6H2,1H3. The minimum atomic E-state index is 1.07. The zero-order valence-electron chi connectivity index (χ0n) is 9.69. The van der Waals surface area contributed by atoms with E-state index in [1.807, 2.05) is 6.20 Å². The fraction of sp³-hybridized carbons (Fsp3) is 0.417. The Bertz CT molecular complexity index is 546. The highest BCUT2D eigenvalue weighted by atomic mass is 79.9. The molecule has 17 heavy (non-hydrogen) atoms. The molecule has 0 saturated carbocycles. The van der Waals surface area contributed by atoms with Gasteiger partial charge in [0.15, 0.2) is 0 Å². The first kappa shape index (κ1) is 11.6. The van der Waals surface area contributed by atoms with Crippen molar-refractivity contribution in [3.05, 3.63) is 28.6 Å². The first-order chi connectivity index (χ1) is 8.25. The van der Waals surface area contributed by atoms with E-state index in [2.05, 4.69) is 48.4 Å². The SMILES string of the molecule is Cc1ncc(Br)c2ccn(SN3CCCC3)c12. The molecule has 0 aromatic carbocycles. The molecule has 2 aromatic rings. The smallest absolute Gasteiger partial charge is 0.0827 e. The number of aryl methyl sites for hydroxylation is 1. The lowest BCUT2D eigenvalue weighted by Crippen LogP contribution is -2.11. The van der Waals surface area contributed by atoms with Gasteiger partial charge in [0.2, 0.25) is 0 Å². The fourth-order valence-corrected chi connectivity index (χ4v) is 3.73. The average molecular weight is 312 g/mol. The average Bonchev–Trinajstić information content (AvgIpc) is 2.94. The van der Waals surface area contributed by atoms with Crippen LogP contribution >= 0.6 is 28.1 Å². The number of pyridine rings is 1. The summed E-state index contributed by atoms with van der Waals surface area (Å²) in [5.41, 5.74) is 2.30. The van der Waals surface area contributed by atoms with E-state index < -0.39 is 0 Å². The van der Waals surface area contributed by atoms with E-state index in [9.17, 15) is 0 Å². The maximum Gasteiger partial charge on any atom is 0.0827 e. The minimum absolute atomic E-state index is 1.07. The first-order valence-electron chi connectivity index (χ1n) is 5.81. The van der Waals surface area contributed by atoms with Crippen molar-refractivity contribution in [1.82, 2.24) is 13.3 Å². The number of nitrogens with zero attached hydrogens (tertiary/aromatic N) is 3. The lowest BCUT2D eigenvalue weighted by Gasteiger charge is -2.14. The molecule has 3 rings (SSSR count). The van der Waals surface area contributed by atoms with Gasteiger partial charge >= 0.3 is 0 Å². The second-order valence-corrected chi connectivity index (χ2v) is 6.24. The Morgan fingerprint density at radius 3 is 2.88 bits per heavy atom. The minimum Gasteiger partial charge on any atom is -0.276 e. The van der Waals surface area contributed by atoms with Crippen molar-refractivity contribution in [3.8, 4) is 0 Å². The lowest BCUT2D eigenvalue weighted by atomic mass is 10.3. The zero-order chi connectivity index (χ0) is 11.8. The monoisotopic (exact) mass is 311 g/mol. The second kappa shape index (κ2) is 4.63. The molecule has 0 radical (unpaired) electrons. The third kappa shape index (κ3) is 2.11. The normalized spacial score (nSPS) is 17.1. The van der Waals surface area contributed by atoms with E-state index in [0.717, 1.165) is 10.2 Å². The van der Waals surface area contributed by atoms with Gasteiger partial charge in [-0.25, -0.2) is 4.31 Å². The molecular weight excluding hydrogens is 298 g/mol. The Balaban J connectivity index is 2.01. The van der Waals surface area contributed by atoms with Gasteiger partial charge in [-0.1, -0.05) is 0 Å². The first-order valence-corrected chi connectivity index (χ1v) is 7.33. The zero-order valence-corrected chi connectivity index (χ0v) is 12.1. The molecule has 90 valence electrons. The molecule has 0 aliphatic carbocycles. The van der Waals surface area contributed by atoms with Gasteiger partial charge in [0.1, 0.15) is 0 Å². The maximum atomic E-state index is 4.41.